The Morgan fingerprint density at radius 2 is 1.85 bits per heavy atom. The highest BCUT2D eigenvalue weighted by Crippen LogP contribution is 2.44. The molecule has 3 fully saturated rings. The zero-order valence-corrected chi connectivity index (χ0v) is 24.3. The summed E-state index contributed by atoms with van der Waals surface area (Å²) >= 11 is 8.24. The maximum atomic E-state index is 16.6. The minimum atomic E-state index is -0.487. The normalized spacial score (nSPS) is 22.3. The van der Waals surface area contributed by atoms with E-state index in [0.717, 1.165) is 61.9 Å². The maximum absolute atomic E-state index is 16.6. The fourth-order valence-electron chi connectivity index (χ4n) is 6.61. The molecule has 3 aliphatic rings. The predicted molar refractivity (Wildman–Crippen MR) is 161 cm³/mol. The molecule has 4 aromatic rings. The van der Waals surface area contributed by atoms with Gasteiger partial charge in [-0.1, -0.05) is 35.1 Å². The Bertz CT molecular complexity index is 1580. The molecule has 2 aromatic heterocycles. The van der Waals surface area contributed by atoms with Crippen molar-refractivity contribution >= 4 is 55.0 Å². The van der Waals surface area contributed by atoms with Gasteiger partial charge in [-0.25, -0.2) is 9.37 Å². The van der Waals surface area contributed by atoms with Crippen LogP contribution in [0.1, 0.15) is 44.9 Å². The summed E-state index contributed by atoms with van der Waals surface area (Å²) in [7, 11) is 2.11. The Hall–Kier alpha value is -2.75. The number of thiazole rings is 1. The van der Waals surface area contributed by atoms with Gasteiger partial charge in [-0.05, 0) is 82.5 Å². The second kappa shape index (κ2) is 10.6. The summed E-state index contributed by atoms with van der Waals surface area (Å²) in [6.45, 7) is 3.29. The molecule has 210 valence electrons. The third kappa shape index (κ3) is 4.86. The number of aromatic nitrogens is 3. The molecule has 0 spiro atoms. The van der Waals surface area contributed by atoms with Crippen LogP contribution in [0.15, 0.2) is 24.3 Å². The largest absolute Gasteiger partial charge is 0.462 e. The van der Waals surface area contributed by atoms with Crippen LogP contribution in [0.5, 0.6) is 6.01 Å². The molecule has 2 aliphatic heterocycles. The lowest BCUT2D eigenvalue weighted by atomic mass is 9.95. The van der Waals surface area contributed by atoms with Gasteiger partial charge < -0.3 is 20.3 Å². The van der Waals surface area contributed by atoms with Crippen LogP contribution in [0.4, 0.5) is 15.3 Å². The second-order valence-corrected chi connectivity index (χ2v) is 13.1. The Balaban J connectivity index is 1.33. The average Bonchev–Trinajstić information content (AvgIpc) is 3.65. The molecule has 1 unspecified atom stereocenters. The van der Waals surface area contributed by atoms with E-state index in [0.29, 0.717) is 45.1 Å². The van der Waals surface area contributed by atoms with E-state index in [1.54, 1.807) is 0 Å². The number of nitrogens with two attached hydrogens (primary N) is 1. The standard InChI is InChI=1S/C30H34ClFN6OS/c1-37-12-4-6-19(37)16-39-30-35-27-21(28(36-30)38-13-3-5-17(11-14-38)18-9-10-18)15-22(31)24(25(27)32)20-7-2-8-23-26(20)34-29(33)40-23/h2,7-8,15,17-19H,3-6,9-14,16H2,1H3,(H2,33,34)/t17?,19-/m0/s1. The number of likely N-dealkylation sites (N-methyl/N-ethyl adjacent to an activating group) is 1. The third-order valence-corrected chi connectivity index (χ3v) is 10.1. The van der Waals surface area contributed by atoms with Gasteiger partial charge >= 0.3 is 6.01 Å². The van der Waals surface area contributed by atoms with Gasteiger partial charge in [0, 0.05) is 35.6 Å². The van der Waals surface area contributed by atoms with Crippen LogP contribution in [0.2, 0.25) is 5.02 Å². The van der Waals surface area contributed by atoms with Gasteiger partial charge in [-0.15, -0.1) is 0 Å². The van der Waals surface area contributed by atoms with Gasteiger partial charge in [-0.2, -0.15) is 9.97 Å². The van der Waals surface area contributed by atoms with Crippen molar-refractivity contribution in [3.05, 3.63) is 35.1 Å². The summed E-state index contributed by atoms with van der Waals surface area (Å²) in [4.78, 5) is 18.6. The summed E-state index contributed by atoms with van der Waals surface area (Å²) in [5.41, 5.74) is 7.75. The first-order valence-corrected chi connectivity index (χ1v) is 15.6. The predicted octanol–water partition coefficient (Wildman–Crippen LogP) is 6.77. The van der Waals surface area contributed by atoms with Crippen LogP contribution in [0.3, 0.4) is 0 Å². The quantitative estimate of drug-likeness (QED) is 0.269. The number of para-hydroxylation sites is 1. The molecule has 2 atom stereocenters. The van der Waals surface area contributed by atoms with E-state index in [1.807, 2.05) is 24.3 Å². The van der Waals surface area contributed by atoms with E-state index in [2.05, 4.69) is 26.8 Å². The van der Waals surface area contributed by atoms with Crippen molar-refractivity contribution in [3.8, 4) is 17.1 Å². The molecule has 4 heterocycles. The molecule has 7 nitrogen and oxygen atoms in total. The van der Waals surface area contributed by atoms with Crippen molar-refractivity contribution in [1.29, 1.82) is 0 Å². The van der Waals surface area contributed by atoms with Gasteiger partial charge in [0.15, 0.2) is 10.9 Å². The summed E-state index contributed by atoms with van der Waals surface area (Å²) in [6.07, 6.45) is 8.39. The van der Waals surface area contributed by atoms with Crippen molar-refractivity contribution in [2.24, 2.45) is 11.8 Å². The highest BCUT2D eigenvalue weighted by Gasteiger charge is 2.33. The zero-order chi connectivity index (χ0) is 27.4. The summed E-state index contributed by atoms with van der Waals surface area (Å²) in [5, 5.41) is 1.36. The minimum absolute atomic E-state index is 0.217. The number of anilines is 2. The molecule has 0 radical (unpaired) electrons. The number of hydrogen-bond donors (Lipinski definition) is 1. The summed E-state index contributed by atoms with van der Waals surface area (Å²) < 4.78 is 23.7. The van der Waals surface area contributed by atoms with Crippen LogP contribution in [-0.4, -0.2) is 59.2 Å². The molecule has 2 aromatic carbocycles. The number of ether oxygens (including phenoxy) is 1. The molecule has 0 amide bonds. The summed E-state index contributed by atoms with van der Waals surface area (Å²) in [5.74, 6) is 1.87. The van der Waals surface area contributed by atoms with Gasteiger partial charge in [-0.3, -0.25) is 0 Å². The van der Waals surface area contributed by atoms with Crippen LogP contribution in [0, 0.1) is 17.7 Å². The molecule has 40 heavy (non-hydrogen) atoms. The number of halogens is 2. The highest BCUT2D eigenvalue weighted by molar-refractivity contribution is 7.22. The van der Waals surface area contributed by atoms with Crippen LogP contribution < -0.4 is 15.4 Å². The van der Waals surface area contributed by atoms with Crippen molar-refractivity contribution in [2.45, 2.75) is 51.0 Å². The Morgan fingerprint density at radius 1 is 1.02 bits per heavy atom. The van der Waals surface area contributed by atoms with Gasteiger partial charge in [0.05, 0.1) is 15.2 Å². The molecule has 2 saturated heterocycles. The van der Waals surface area contributed by atoms with Crippen LogP contribution in [0.25, 0.3) is 32.2 Å². The molecule has 2 N–H and O–H groups in total. The SMILES string of the molecule is CN1CCC[C@H]1COc1nc(N2CCCC(C3CC3)CC2)c2cc(Cl)c(-c3cccc4sc(N)nc34)c(F)c2n1. The maximum Gasteiger partial charge on any atom is 0.319 e. The lowest BCUT2D eigenvalue weighted by Crippen LogP contribution is -2.31. The van der Waals surface area contributed by atoms with Gasteiger partial charge in [0.1, 0.15) is 17.9 Å². The number of nitrogens with zero attached hydrogens (tertiary/aromatic N) is 5. The van der Waals surface area contributed by atoms with Crippen LogP contribution in [-0.2, 0) is 0 Å². The second-order valence-electron chi connectivity index (χ2n) is 11.6. The van der Waals surface area contributed by atoms with Crippen molar-refractivity contribution in [2.75, 3.05) is 43.9 Å². The van der Waals surface area contributed by atoms with Crippen molar-refractivity contribution in [3.63, 3.8) is 0 Å². The molecule has 1 saturated carbocycles. The first-order chi connectivity index (χ1) is 19.5. The number of benzene rings is 2. The van der Waals surface area contributed by atoms with E-state index in [9.17, 15) is 0 Å². The minimum Gasteiger partial charge on any atom is -0.462 e. The number of rotatable bonds is 6. The third-order valence-electron chi connectivity index (χ3n) is 8.98. The molecular formula is C30H34ClFN6OS. The van der Waals surface area contributed by atoms with Gasteiger partial charge in [0.2, 0.25) is 0 Å². The number of nitrogen functional groups attached to an aromatic ring is 1. The van der Waals surface area contributed by atoms with Crippen molar-refractivity contribution in [1.82, 2.24) is 19.9 Å². The first kappa shape index (κ1) is 26.2. The molecule has 7 rings (SSSR count). The highest BCUT2D eigenvalue weighted by atomic mass is 35.5. The van der Waals surface area contributed by atoms with Gasteiger partial charge in [0.25, 0.3) is 0 Å². The molecule has 1 aliphatic carbocycles. The number of fused-ring (bicyclic) bond motifs is 2. The molecule has 0 bridgehead atoms. The average molecular weight is 581 g/mol. The molecule has 10 heteroatoms. The lowest BCUT2D eigenvalue weighted by Gasteiger charge is -2.25. The Labute approximate surface area is 242 Å². The van der Waals surface area contributed by atoms with E-state index in [-0.39, 0.29) is 17.1 Å². The van der Waals surface area contributed by atoms with E-state index in [1.165, 1.54) is 30.6 Å². The topological polar surface area (TPSA) is 80.4 Å². The van der Waals surface area contributed by atoms with Crippen LogP contribution >= 0.6 is 22.9 Å². The Kier molecular flexibility index (Phi) is 6.92. The number of hydrogen-bond acceptors (Lipinski definition) is 8. The summed E-state index contributed by atoms with van der Waals surface area (Å²) in [6, 6.07) is 7.98. The van der Waals surface area contributed by atoms with E-state index >= 15 is 4.39 Å². The fourth-order valence-corrected chi connectivity index (χ4v) is 7.67. The zero-order valence-electron chi connectivity index (χ0n) is 22.7. The van der Waals surface area contributed by atoms with E-state index < -0.39 is 5.82 Å². The lowest BCUT2D eigenvalue weighted by molar-refractivity contribution is 0.188. The molecular weight excluding hydrogens is 547 g/mol. The number of likely N-dealkylation sites (tertiary alicyclic amines) is 1. The van der Waals surface area contributed by atoms with E-state index in [4.69, 9.17) is 27.1 Å². The smallest absolute Gasteiger partial charge is 0.319 e. The monoisotopic (exact) mass is 580 g/mol. The Morgan fingerprint density at radius 3 is 2.65 bits per heavy atom. The van der Waals surface area contributed by atoms with Crippen molar-refractivity contribution < 1.29 is 9.13 Å². The first-order valence-electron chi connectivity index (χ1n) is 14.4. The fraction of sp³-hybridized carbons (Fsp3) is 0.500.